The van der Waals surface area contributed by atoms with Gasteiger partial charge in [0.1, 0.15) is 0 Å². The van der Waals surface area contributed by atoms with Crippen molar-refractivity contribution < 1.29 is 19.2 Å². The molecule has 36 heavy (non-hydrogen) atoms. The Hall–Kier alpha value is -3.81. The molecular formula is C29H31N3O4. The molecule has 4 rings (SSSR count). The molecule has 0 atom stereocenters. The van der Waals surface area contributed by atoms with Crippen molar-refractivity contribution in [3.63, 3.8) is 0 Å². The zero-order chi connectivity index (χ0) is 25.5. The van der Waals surface area contributed by atoms with Gasteiger partial charge in [0, 0.05) is 31.3 Å². The minimum atomic E-state index is -0.800. The van der Waals surface area contributed by atoms with Gasteiger partial charge in [-0.3, -0.25) is 4.79 Å². The molecular weight excluding hydrogens is 454 g/mol. The molecule has 0 unspecified atom stereocenters. The summed E-state index contributed by atoms with van der Waals surface area (Å²) in [6.07, 6.45) is 1.06. The highest BCUT2D eigenvalue weighted by molar-refractivity contribution is 5.74. The molecule has 7 nitrogen and oxygen atoms in total. The van der Waals surface area contributed by atoms with Crippen LogP contribution >= 0.6 is 0 Å². The third-order valence-corrected chi connectivity index (χ3v) is 6.11. The number of carbonyl (C=O) groups is 1. The fourth-order valence-corrected chi connectivity index (χ4v) is 4.30. The van der Waals surface area contributed by atoms with E-state index in [9.17, 15) is 4.79 Å². The molecule has 0 amide bonds. The average molecular weight is 486 g/mol. The van der Waals surface area contributed by atoms with Crippen LogP contribution < -0.4 is 0 Å². The zero-order valence-electron chi connectivity index (χ0n) is 20.9. The molecule has 3 aromatic carbocycles. The van der Waals surface area contributed by atoms with Gasteiger partial charge < -0.3 is 19.3 Å². The molecule has 186 valence electrons. The number of carboxylic acid groups (broad SMARTS) is 1. The third kappa shape index (κ3) is 6.05. The first-order valence-corrected chi connectivity index (χ1v) is 12.0. The number of rotatable bonds is 11. The van der Waals surface area contributed by atoms with Gasteiger partial charge in [0.2, 0.25) is 5.82 Å². The molecule has 4 aromatic rings. The summed E-state index contributed by atoms with van der Waals surface area (Å²) < 4.78 is 11.1. The van der Waals surface area contributed by atoms with Crippen LogP contribution in [0.4, 0.5) is 0 Å². The summed E-state index contributed by atoms with van der Waals surface area (Å²) in [5, 5.41) is 13.1. The number of aliphatic carboxylic acids is 1. The lowest BCUT2D eigenvalue weighted by atomic mass is 9.93. The third-order valence-electron chi connectivity index (χ3n) is 6.11. The van der Waals surface area contributed by atoms with E-state index in [1.807, 2.05) is 42.3 Å². The van der Waals surface area contributed by atoms with Crippen LogP contribution in [0.3, 0.4) is 0 Å². The fourth-order valence-electron chi connectivity index (χ4n) is 4.30. The lowest BCUT2D eigenvalue weighted by Crippen LogP contribution is -2.21. The number of hydrogen-bond donors (Lipinski definition) is 1. The molecule has 1 aromatic heterocycles. The number of aromatic nitrogens is 2. The van der Waals surface area contributed by atoms with Gasteiger partial charge in [0.25, 0.3) is 5.89 Å². The molecule has 0 aliphatic carbocycles. The van der Waals surface area contributed by atoms with E-state index in [1.54, 1.807) is 7.11 Å². The van der Waals surface area contributed by atoms with Crippen molar-refractivity contribution in [3.8, 4) is 34.0 Å². The second-order valence-corrected chi connectivity index (χ2v) is 8.82. The molecule has 0 aliphatic rings. The van der Waals surface area contributed by atoms with Crippen LogP contribution in [-0.2, 0) is 29.1 Å². The first kappa shape index (κ1) is 25.3. The molecule has 0 saturated heterocycles. The maximum Gasteiger partial charge on any atom is 0.304 e. The number of carboxylic acids is 1. The molecule has 0 bridgehead atoms. The van der Waals surface area contributed by atoms with Gasteiger partial charge in [-0.05, 0) is 59.5 Å². The number of methoxy groups -OCH3 is 1. The molecule has 1 heterocycles. The highest BCUT2D eigenvalue weighted by atomic mass is 16.5. The number of benzene rings is 3. The van der Waals surface area contributed by atoms with Crippen molar-refractivity contribution in [2.45, 2.75) is 32.9 Å². The normalized spacial score (nSPS) is 11.2. The van der Waals surface area contributed by atoms with Gasteiger partial charge in [-0.15, -0.1) is 0 Å². The van der Waals surface area contributed by atoms with Crippen molar-refractivity contribution >= 4 is 5.97 Å². The van der Waals surface area contributed by atoms with Gasteiger partial charge in [-0.2, -0.15) is 4.98 Å². The first-order valence-electron chi connectivity index (χ1n) is 12.0. The Balaban J connectivity index is 1.58. The summed E-state index contributed by atoms with van der Waals surface area (Å²) >= 11 is 0. The summed E-state index contributed by atoms with van der Waals surface area (Å²) in [6, 6.07) is 22.5. The van der Waals surface area contributed by atoms with E-state index in [-0.39, 0.29) is 6.42 Å². The second-order valence-electron chi connectivity index (χ2n) is 8.82. The summed E-state index contributed by atoms with van der Waals surface area (Å²) in [5.74, 6) is 0.154. The van der Waals surface area contributed by atoms with Crippen molar-refractivity contribution in [2.75, 3.05) is 20.7 Å². The average Bonchev–Trinajstić information content (AvgIpc) is 3.38. The molecule has 0 radical (unpaired) electrons. The van der Waals surface area contributed by atoms with E-state index >= 15 is 0 Å². The van der Waals surface area contributed by atoms with Crippen LogP contribution in [0.15, 0.2) is 71.3 Å². The highest BCUT2D eigenvalue weighted by Gasteiger charge is 2.15. The van der Waals surface area contributed by atoms with Crippen LogP contribution in [0.25, 0.3) is 34.0 Å². The van der Waals surface area contributed by atoms with Crippen molar-refractivity contribution in [1.82, 2.24) is 15.0 Å². The van der Waals surface area contributed by atoms with Crippen LogP contribution in [0.1, 0.15) is 30.0 Å². The maximum absolute atomic E-state index is 10.8. The number of hydrogen-bond acceptors (Lipinski definition) is 6. The minimum Gasteiger partial charge on any atom is -0.481 e. The summed E-state index contributed by atoms with van der Waals surface area (Å²) in [5.41, 5.74) is 7.42. The van der Waals surface area contributed by atoms with Gasteiger partial charge in [-0.1, -0.05) is 60.6 Å². The Bertz CT molecular complexity index is 1330. The summed E-state index contributed by atoms with van der Waals surface area (Å²) in [7, 11) is 3.60. The van der Waals surface area contributed by atoms with Crippen molar-refractivity contribution in [1.29, 1.82) is 0 Å². The molecule has 7 heteroatoms. The van der Waals surface area contributed by atoms with E-state index in [4.69, 9.17) is 14.4 Å². The largest absolute Gasteiger partial charge is 0.481 e. The Kier molecular flexibility index (Phi) is 8.25. The SMILES string of the molecule is CCc1ccccc1-c1ccc(-c2nc(-c3cccc(CN(C)CCC(=O)O)c3)no2)cc1COC. The number of ether oxygens (including phenoxy) is 1. The minimum absolute atomic E-state index is 0.109. The molecule has 0 spiro atoms. The van der Waals surface area contributed by atoms with Crippen LogP contribution in [0.2, 0.25) is 0 Å². The lowest BCUT2D eigenvalue weighted by molar-refractivity contribution is -0.137. The second kappa shape index (κ2) is 11.7. The predicted molar refractivity (Wildman–Crippen MR) is 139 cm³/mol. The first-order chi connectivity index (χ1) is 17.5. The van der Waals surface area contributed by atoms with Crippen molar-refractivity contribution in [3.05, 3.63) is 83.4 Å². The Morgan fingerprint density at radius 2 is 1.81 bits per heavy atom. The van der Waals surface area contributed by atoms with E-state index in [1.165, 1.54) is 11.1 Å². The Morgan fingerprint density at radius 1 is 1.00 bits per heavy atom. The topological polar surface area (TPSA) is 88.7 Å². The summed E-state index contributed by atoms with van der Waals surface area (Å²) in [4.78, 5) is 17.5. The van der Waals surface area contributed by atoms with E-state index in [0.29, 0.717) is 31.4 Å². The fraction of sp³-hybridized carbons (Fsp3) is 0.276. The highest BCUT2D eigenvalue weighted by Crippen LogP contribution is 2.32. The number of aryl methyl sites for hydroxylation is 1. The van der Waals surface area contributed by atoms with E-state index < -0.39 is 5.97 Å². The van der Waals surface area contributed by atoms with E-state index in [2.05, 4.69) is 53.5 Å². The van der Waals surface area contributed by atoms with Crippen LogP contribution in [0, 0.1) is 0 Å². The van der Waals surface area contributed by atoms with Crippen LogP contribution in [-0.4, -0.2) is 46.8 Å². The summed E-state index contributed by atoms with van der Waals surface area (Å²) in [6.45, 7) is 3.74. The quantitative estimate of drug-likeness (QED) is 0.292. The van der Waals surface area contributed by atoms with Gasteiger partial charge in [0.05, 0.1) is 13.0 Å². The van der Waals surface area contributed by atoms with Gasteiger partial charge in [-0.25, -0.2) is 0 Å². The maximum atomic E-state index is 10.8. The standard InChI is InChI=1S/C29H31N3O4/c1-4-21-9-5-6-11-25(21)26-13-12-23(17-24(26)19-35-3)29-30-28(31-36-29)22-10-7-8-20(16-22)18-32(2)15-14-27(33)34/h5-13,16-17H,4,14-15,18-19H2,1-3H3,(H,33,34). The monoisotopic (exact) mass is 485 g/mol. The molecule has 0 fully saturated rings. The van der Waals surface area contributed by atoms with Crippen LogP contribution in [0.5, 0.6) is 0 Å². The van der Waals surface area contributed by atoms with Gasteiger partial charge >= 0.3 is 5.97 Å². The van der Waals surface area contributed by atoms with E-state index in [0.717, 1.165) is 34.2 Å². The van der Waals surface area contributed by atoms with Crippen molar-refractivity contribution in [2.24, 2.45) is 0 Å². The van der Waals surface area contributed by atoms with Gasteiger partial charge in [0.15, 0.2) is 0 Å². The number of nitrogens with zero attached hydrogens (tertiary/aromatic N) is 3. The lowest BCUT2D eigenvalue weighted by Gasteiger charge is -2.15. The molecule has 0 saturated carbocycles. The smallest absolute Gasteiger partial charge is 0.304 e. The molecule has 1 N–H and O–H groups in total. The Morgan fingerprint density at radius 3 is 2.58 bits per heavy atom. The zero-order valence-corrected chi connectivity index (χ0v) is 20.9. The Labute approximate surface area is 211 Å². The predicted octanol–water partition coefficient (Wildman–Crippen LogP) is 5.69. The molecule has 0 aliphatic heterocycles.